The molecule has 1 N–H and O–H groups in total. The van der Waals surface area contributed by atoms with Crippen LogP contribution in [0.15, 0.2) is 54.6 Å². The lowest BCUT2D eigenvalue weighted by molar-refractivity contribution is 0.0827. The lowest BCUT2D eigenvalue weighted by atomic mass is 10.1. The van der Waals surface area contributed by atoms with Gasteiger partial charge >= 0.3 is 0 Å². The van der Waals surface area contributed by atoms with E-state index in [2.05, 4.69) is 5.32 Å². The van der Waals surface area contributed by atoms with Crippen molar-refractivity contribution in [1.29, 1.82) is 0 Å². The summed E-state index contributed by atoms with van der Waals surface area (Å²) in [4.78, 5) is 27.9. The summed E-state index contributed by atoms with van der Waals surface area (Å²) >= 11 is 7.62. The molecule has 2 aromatic carbocycles. The normalized spacial score (nSPS) is 10.5. The van der Waals surface area contributed by atoms with Crippen LogP contribution >= 0.6 is 22.9 Å². The molecular weight excluding hydrogens is 380 g/mol. The predicted molar refractivity (Wildman–Crippen MR) is 112 cm³/mol. The molecule has 0 bridgehead atoms. The minimum absolute atomic E-state index is 0.109. The lowest BCUT2D eigenvalue weighted by Crippen LogP contribution is -2.22. The van der Waals surface area contributed by atoms with Gasteiger partial charge in [-0.3, -0.25) is 9.59 Å². The first-order chi connectivity index (χ1) is 12.9. The maximum atomic E-state index is 12.7. The van der Waals surface area contributed by atoms with E-state index < -0.39 is 0 Å². The SMILES string of the molecule is Cc1ccc(C(=O)N(C)C)cc1NC(=O)c1ccc(-c2ccccc2Cl)s1. The van der Waals surface area contributed by atoms with E-state index >= 15 is 0 Å². The van der Waals surface area contributed by atoms with Gasteiger partial charge in [0.2, 0.25) is 0 Å². The van der Waals surface area contributed by atoms with Crippen LogP contribution in [0.5, 0.6) is 0 Å². The summed E-state index contributed by atoms with van der Waals surface area (Å²) in [5.41, 5.74) is 2.95. The zero-order chi connectivity index (χ0) is 19.6. The highest BCUT2D eigenvalue weighted by Gasteiger charge is 2.15. The zero-order valence-corrected chi connectivity index (χ0v) is 16.8. The minimum atomic E-state index is -0.212. The van der Waals surface area contributed by atoms with Gasteiger partial charge in [-0.15, -0.1) is 11.3 Å². The summed E-state index contributed by atoms with van der Waals surface area (Å²) in [5, 5.41) is 3.56. The third-order valence-electron chi connectivity index (χ3n) is 4.11. The number of carbonyl (C=O) groups is 2. The fourth-order valence-corrected chi connectivity index (χ4v) is 3.83. The summed E-state index contributed by atoms with van der Waals surface area (Å²) in [6, 6.07) is 16.5. The van der Waals surface area contributed by atoms with E-state index in [1.165, 1.54) is 16.2 Å². The number of thiophene rings is 1. The number of anilines is 1. The number of hydrogen-bond acceptors (Lipinski definition) is 3. The zero-order valence-electron chi connectivity index (χ0n) is 15.2. The maximum Gasteiger partial charge on any atom is 0.265 e. The van der Waals surface area contributed by atoms with Crippen LogP contribution in [0.4, 0.5) is 5.69 Å². The van der Waals surface area contributed by atoms with Gasteiger partial charge in [0.25, 0.3) is 11.8 Å². The van der Waals surface area contributed by atoms with Gasteiger partial charge in [-0.1, -0.05) is 35.9 Å². The van der Waals surface area contributed by atoms with Crippen LogP contribution in [-0.4, -0.2) is 30.8 Å². The van der Waals surface area contributed by atoms with Crippen LogP contribution in [0, 0.1) is 6.92 Å². The number of nitrogens with zero attached hydrogens (tertiary/aromatic N) is 1. The van der Waals surface area contributed by atoms with Crippen LogP contribution < -0.4 is 5.32 Å². The Hall–Kier alpha value is -2.63. The molecule has 0 unspecified atom stereocenters. The van der Waals surface area contributed by atoms with Gasteiger partial charge in [0.1, 0.15) is 0 Å². The summed E-state index contributed by atoms with van der Waals surface area (Å²) < 4.78 is 0. The average molecular weight is 399 g/mol. The van der Waals surface area contributed by atoms with Gasteiger partial charge in [0.15, 0.2) is 0 Å². The third kappa shape index (κ3) is 4.21. The van der Waals surface area contributed by atoms with Gasteiger partial charge < -0.3 is 10.2 Å². The second kappa shape index (κ2) is 7.94. The van der Waals surface area contributed by atoms with Crippen molar-refractivity contribution in [3.8, 4) is 10.4 Å². The number of benzene rings is 2. The van der Waals surface area contributed by atoms with Crippen LogP contribution in [0.1, 0.15) is 25.6 Å². The van der Waals surface area contributed by atoms with E-state index in [1.807, 2.05) is 43.3 Å². The Balaban J connectivity index is 1.83. The molecule has 27 heavy (non-hydrogen) atoms. The second-order valence-corrected chi connectivity index (χ2v) is 7.82. The molecule has 0 atom stereocenters. The summed E-state index contributed by atoms with van der Waals surface area (Å²) in [6.07, 6.45) is 0. The molecule has 0 aliphatic carbocycles. The van der Waals surface area contributed by atoms with Gasteiger partial charge in [-0.2, -0.15) is 0 Å². The van der Waals surface area contributed by atoms with E-state index in [4.69, 9.17) is 11.6 Å². The molecular formula is C21H19ClN2O2S. The average Bonchev–Trinajstić information content (AvgIpc) is 3.13. The van der Waals surface area contributed by atoms with Crippen molar-refractivity contribution in [2.24, 2.45) is 0 Å². The molecule has 0 saturated heterocycles. The van der Waals surface area contributed by atoms with E-state index in [1.54, 1.807) is 32.3 Å². The molecule has 0 fully saturated rings. The molecule has 1 aromatic heterocycles. The van der Waals surface area contributed by atoms with Crippen LogP contribution in [0.3, 0.4) is 0 Å². The number of amides is 2. The van der Waals surface area contributed by atoms with Crippen molar-refractivity contribution in [3.05, 3.63) is 75.6 Å². The predicted octanol–water partition coefficient (Wildman–Crippen LogP) is 5.33. The molecule has 1 heterocycles. The Labute approximate surface area is 167 Å². The molecule has 0 aliphatic heterocycles. The molecule has 0 radical (unpaired) electrons. The van der Waals surface area contributed by atoms with E-state index in [9.17, 15) is 9.59 Å². The van der Waals surface area contributed by atoms with E-state index in [0.717, 1.165) is 16.0 Å². The van der Waals surface area contributed by atoms with Gasteiger partial charge in [0, 0.05) is 40.8 Å². The monoisotopic (exact) mass is 398 g/mol. The van der Waals surface area contributed by atoms with Gasteiger partial charge in [-0.05, 0) is 42.8 Å². The molecule has 4 nitrogen and oxygen atoms in total. The molecule has 2 amide bonds. The first kappa shape index (κ1) is 19.1. The van der Waals surface area contributed by atoms with Crippen molar-refractivity contribution >= 4 is 40.4 Å². The first-order valence-electron chi connectivity index (χ1n) is 8.35. The number of rotatable bonds is 4. The fourth-order valence-electron chi connectivity index (χ4n) is 2.60. The highest BCUT2D eigenvalue weighted by Crippen LogP contribution is 2.33. The largest absolute Gasteiger partial charge is 0.345 e. The van der Waals surface area contributed by atoms with Gasteiger partial charge in [-0.25, -0.2) is 0 Å². The van der Waals surface area contributed by atoms with Crippen molar-refractivity contribution in [2.75, 3.05) is 19.4 Å². The lowest BCUT2D eigenvalue weighted by Gasteiger charge is -2.13. The third-order valence-corrected chi connectivity index (χ3v) is 5.55. The smallest absolute Gasteiger partial charge is 0.265 e. The van der Waals surface area contributed by atoms with Crippen molar-refractivity contribution in [3.63, 3.8) is 0 Å². The topological polar surface area (TPSA) is 49.4 Å². The number of halogens is 1. The van der Waals surface area contributed by atoms with Crippen molar-refractivity contribution in [2.45, 2.75) is 6.92 Å². The number of nitrogens with one attached hydrogen (secondary N) is 1. The number of hydrogen-bond donors (Lipinski definition) is 1. The Kier molecular flexibility index (Phi) is 5.63. The standard InChI is InChI=1S/C21H19ClN2O2S/c1-13-8-9-14(21(26)24(2)3)12-17(13)23-20(25)19-11-10-18(27-19)15-6-4-5-7-16(15)22/h4-12H,1-3H3,(H,23,25). The highest BCUT2D eigenvalue weighted by molar-refractivity contribution is 7.17. The first-order valence-corrected chi connectivity index (χ1v) is 9.54. The van der Waals surface area contributed by atoms with Gasteiger partial charge in [0.05, 0.1) is 4.88 Å². The second-order valence-electron chi connectivity index (χ2n) is 6.33. The van der Waals surface area contributed by atoms with Crippen molar-refractivity contribution in [1.82, 2.24) is 4.90 Å². The van der Waals surface area contributed by atoms with Crippen LogP contribution in [0.2, 0.25) is 5.02 Å². The number of aryl methyl sites for hydroxylation is 1. The Bertz CT molecular complexity index is 1010. The molecule has 3 aromatic rings. The molecule has 3 rings (SSSR count). The molecule has 0 aliphatic rings. The Morgan fingerprint density at radius 1 is 1.04 bits per heavy atom. The number of carbonyl (C=O) groups excluding carboxylic acids is 2. The Morgan fingerprint density at radius 3 is 2.48 bits per heavy atom. The summed E-state index contributed by atoms with van der Waals surface area (Å²) in [5.74, 6) is -0.321. The highest BCUT2D eigenvalue weighted by atomic mass is 35.5. The van der Waals surface area contributed by atoms with Crippen LogP contribution in [0.25, 0.3) is 10.4 Å². The molecule has 0 spiro atoms. The minimum Gasteiger partial charge on any atom is -0.345 e. The summed E-state index contributed by atoms with van der Waals surface area (Å²) in [7, 11) is 3.39. The molecule has 138 valence electrons. The van der Waals surface area contributed by atoms with Crippen LogP contribution in [-0.2, 0) is 0 Å². The van der Waals surface area contributed by atoms with E-state index in [0.29, 0.717) is 21.2 Å². The Morgan fingerprint density at radius 2 is 1.78 bits per heavy atom. The van der Waals surface area contributed by atoms with Crippen molar-refractivity contribution < 1.29 is 9.59 Å². The summed E-state index contributed by atoms with van der Waals surface area (Å²) in [6.45, 7) is 1.89. The fraction of sp³-hybridized carbons (Fsp3) is 0.143. The molecule has 0 saturated carbocycles. The van der Waals surface area contributed by atoms with E-state index in [-0.39, 0.29) is 11.8 Å². The maximum absolute atomic E-state index is 12.7. The molecule has 6 heteroatoms. The quantitative estimate of drug-likeness (QED) is 0.645.